The average molecular weight is 160 g/mol. The molecule has 0 saturated heterocycles. The summed E-state index contributed by atoms with van der Waals surface area (Å²) in [6, 6.07) is 3.90. The third-order valence-corrected chi connectivity index (χ3v) is 2.44. The van der Waals surface area contributed by atoms with E-state index < -0.39 is 0 Å². The fourth-order valence-electron chi connectivity index (χ4n) is 1.34. The SMILES string of the molecule is Bc1ccc(C(C)=O)c(C)c1C. The first-order chi connectivity index (χ1) is 5.54. The Bertz CT molecular complexity index is 329. The molecular weight excluding hydrogens is 147 g/mol. The van der Waals surface area contributed by atoms with Crippen LogP contribution in [0.15, 0.2) is 12.1 Å². The molecule has 0 N–H and O–H groups in total. The van der Waals surface area contributed by atoms with Crippen LogP contribution in [0.3, 0.4) is 0 Å². The fraction of sp³-hybridized carbons (Fsp3) is 0.300. The Balaban J connectivity index is 3.36. The van der Waals surface area contributed by atoms with Gasteiger partial charge in [-0.15, -0.1) is 0 Å². The van der Waals surface area contributed by atoms with Gasteiger partial charge in [0.1, 0.15) is 7.85 Å². The lowest BCUT2D eigenvalue weighted by Gasteiger charge is -2.08. The zero-order valence-corrected chi connectivity index (χ0v) is 8.06. The van der Waals surface area contributed by atoms with Crippen molar-refractivity contribution >= 4 is 19.1 Å². The Hall–Kier alpha value is -1.05. The summed E-state index contributed by atoms with van der Waals surface area (Å²) in [5, 5.41) is 0. The third-order valence-electron chi connectivity index (χ3n) is 2.44. The lowest BCUT2D eigenvalue weighted by molar-refractivity contribution is 0.101. The molecule has 0 amide bonds. The monoisotopic (exact) mass is 160 g/mol. The molecule has 0 aliphatic heterocycles. The molecule has 1 nitrogen and oxygen atoms in total. The summed E-state index contributed by atoms with van der Waals surface area (Å²) in [5.41, 5.74) is 4.43. The zero-order chi connectivity index (χ0) is 9.30. The molecule has 1 aromatic carbocycles. The Kier molecular flexibility index (Phi) is 2.36. The maximum absolute atomic E-state index is 11.1. The van der Waals surface area contributed by atoms with E-state index in [1.54, 1.807) is 6.92 Å². The highest BCUT2D eigenvalue weighted by molar-refractivity contribution is 6.33. The van der Waals surface area contributed by atoms with Gasteiger partial charge in [0, 0.05) is 5.56 Å². The highest BCUT2D eigenvalue weighted by Gasteiger charge is 2.06. The molecule has 0 atom stereocenters. The molecule has 0 bridgehead atoms. The van der Waals surface area contributed by atoms with E-state index in [0.29, 0.717) is 0 Å². The summed E-state index contributed by atoms with van der Waals surface area (Å²) < 4.78 is 0. The summed E-state index contributed by atoms with van der Waals surface area (Å²) in [4.78, 5) is 11.1. The molecule has 0 aliphatic carbocycles. The number of carbonyl (C=O) groups is 1. The number of rotatable bonds is 1. The van der Waals surface area contributed by atoms with E-state index in [-0.39, 0.29) is 5.78 Å². The van der Waals surface area contributed by atoms with Crippen LogP contribution in [-0.2, 0) is 0 Å². The molecule has 1 rings (SSSR count). The number of hydrogen-bond donors (Lipinski definition) is 0. The first-order valence-corrected chi connectivity index (χ1v) is 4.11. The van der Waals surface area contributed by atoms with E-state index in [2.05, 4.69) is 14.8 Å². The third kappa shape index (κ3) is 1.42. The largest absolute Gasteiger partial charge is 0.295 e. The predicted octanol–water partition coefficient (Wildman–Crippen LogP) is 0.764. The normalized spacial score (nSPS) is 9.92. The van der Waals surface area contributed by atoms with Crippen molar-refractivity contribution in [3.63, 3.8) is 0 Å². The van der Waals surface area contributed by atoms with Gasteiger partial charge in [0.15, 0.2) is 5.78 Å². The van der Waals surface area contributed by atoms with E-state index in [1.807, 2.05) is 19.1 Å². The molecule has 0 aliphatic rings. The van der Waals surface area contributed by atoms with Gasteiger partial charge in [-0.05, 0) is 26.3 Å². The molecule has 2 heteroatoms. The van der Waals surface area contributed by atoms with Gasteiger partial charge in [-0.1, -0.05) is 23.2 Å². The standard InChI is InChI=1S/C10H13BO/c1-6-7(2)10(11)5-4-9(6)8(3)12/h4-5H,11H2,1-3H3. The van der Waals surface area contributed by atoms with Crippen molar-refractivity contribution < 1.29 is 4.79 Å². The number of ketones is 1. The fourth-order valence-corrected chi connectivity index (χ4v) is 1.34. The quantitative estimate of drug-likeness (QED) is 0.438. The molecule has 0 heterocycles. The minimum absolute atomic E-state index is 0.149. The highest BCUT2D eigenvalue weighted by Crippen LogP contribution is 2.10. The number of benzene rings is 1. The molecule has 0 fully saturated rings. The summed E-state index contributed by atoms with van der Waals surface area (Å²) >= 11 is 0. The smallest absolute Gasteiger partial charge is 0.160 e. The topological polar surface area (TPSA) is 17.1 Å². The van der Waals surface area contributed by atoms with Gasteiger partial charge in [0.2, 0.25) is 0 Å². The van der Waals surface area contributed by atoms with Crippen LogP contribution in [0.1, 0.15) is 28.4 Å². The van der Waals surface area contributed by atoms with Crippen molar-refractivity contribution in [2.24, 2.45) is 0 Å². The predicted molar refractivity (Wildman–Crippen MR) is 54.1 cm³/mol. The van der Waals surface area contributed by atoms with Gasteiger partial charge >= 0.3 is 0 Å². The maximum Gasteiger partial charge on any atom is 0.160 e. The number of hydrogen-bond acceptors (Lipinski definition) is 1. The Labute approximate surface area is 74.2 Å². The Morgan fingerprint density at radius 2 is 1.83 bits per heavy atom. The molecule has 0 spiro atoms. The van der Waals surface area contributed by atoms with Gasteiger partial charge in [-0.25, -0.2) is 0 Å². The van der Waals surface area contributed by atoms with E-state index in [4.69, 9.17) is 0 Å². The maximum atomic E-state index is 11.1. The number of Topliss-reactive ketones (excluding diaryl/α,β-unsaturated/α-hetero) is 1. The van der Waals surface area contributed by atoms with Crippen molar-refractivity contribution in [3.8, 4) is 0 Å². The van der Waals surface area contributed by atoms with E-state index in [9.17, 15) is 4.79 Å². The zero-order valence-electron chi connectivity index (χ0n) is 8.06. The molecular formula is C10H13BO. The Morgan fingerprint density at radius 1 is 1.25 bits per heavy atom. The molecule has 62 valence electrons. The lowest BCUT2D eigenvalue weighted by atomic mass is 9.86. The van der Waals surface area contributed by atoms with Crippen molar-refractivity contribution in [3.05, 3.63) is 28.8 Å². The van der Waals surface area contributed by atoms with Crippen LogP contribution in [0, 0.1) is 13.8 Å². The van der Waals surface area contributed by atoms with Crippen molar-refractivity contribution in [2.75, 3.05) is 0 Å². The van der Waals surface area contributed by atoms with Crippen LogP contribution in [0.4, 0.5) is 0 Å². The first kappa shape index (κ1) is 9.05. The van der Waals surface area contributed by atoms with Crippen molar-refractivity contribution in [1.29, 1.82) is 0 Å². The van der Waals surface area contributed by atoms with Crippen LogP contribution in [0.25, 0.3) is 0 Å². The molecule has 1 aromatic rings. The first-order valence-electron chi connectivity index (χ1n) is 4.11. The average Bonchev–Trinajstić information content (AvgIpc) is 2.00. The van der Waals surface area contributed by atoms with Gasteiger partial charge < -0.3 is 0 Å². The Morgan fingerprint density at radius 3 is 2.33 bits per heavy atom. The number of carbonyl (C=O) groups excluding carboxylic acids is 1. The van der Waals surface area contributed by atoms with Gasteiger partial charge in [0.05, 0.1) is 0 Å². The van der Waals surface area contributed by atoms with Gasteiger partial charge in [-0.3, -0.25) is 4.79 Å². The molecule has 0 radical (unpaired) electrons. The second kappa shape index (κ2) is 3.14. The van der Waals surface area contributed by atoms with E-state index in [1.165, 1.54) is 11.0 Å². The molecule has 0 unspecified atom stereocenters. The highest BCUT2D eigenvalue weighted by atomic mass is 16.1. The van der Waals surface area contributed by atoms with E-state index >= 15 is 0 Å². The van der Waals surface area contributed by atoms with Crippen LogP contribution in [0.2, 0.25) is 0 Å². The lowest BCUT2D eigenvalue weighted by Crippen LogP contribution is -2.11. The van der Waals surface area contributed by atoms with Crippen LogP contribution >= 0.6 is 0 Å². The van der Waals surface area contributed by atoms with Crippen LogP contribution in [-0.4, -0.2) is 13.6 Å². The van der Waals surface area contributed by atoms with Gasteiger partial charge in [-0.2, -0.15) is 0 Å². The minimum Gasteiger partial charge on any atom is -0.295 e. The van der Waals surface area contributed by atoms with E-state index in [0.717, 1.165) is 11.1 Å². The summed E-state index contributed by atoms with van der Waals surface area (Å²) in [6.07, 6.45) is 0. The molecule has 0 saturated carbocycles. The minimum atomic E-state index is 0.149. The molecule has 0 aromatic heterocycles. The van der Waals surface area contributed by atoms with Crippen LogP contribution in [0.5, 0.6) is 0 Å². The van der Waals surface area contributed by atoms with Crippen LogP contribution < -0.4 is 5.46 Å². The van der Waals surface area contributed by atoms with Crippen molar-refractivity contribution in [2.45, 2.75) is 20.8 Å². The second-order valence-corrected chi connectivity index (χ2v) is 3.24. The molecule has 12 heavy (non-hydrogen) atoms. The summed E-state index contributed by atoms with van der Waals surface area (Å²) in [5.74, 6) is 0.149. The second-order valence-electron chi connectivity index (χ2n) is 3.24. The van der Waals surface area contributed by atoms with Gasteiger partial charge in [0.25, 0.3) is 0 Å². The van der Waals surface area contributed by atoms with Crippen molar-refractivity contribution in [1.82, 2.24) is 0 Å². The summed E-state index contributed by atoms with van der Waals surface area (Å²) in [6.45, 7) is 5.66. The summed E-state index contributed by atoms with van der Waals surface area (Å²) in [7, 11) is 2.06.